The van der Waals surface area contributed by atoms with Crippen LogP contribution in [0, 0.1) is 11.8 Å². The van der Waals surface area contributed by atoms with Gasteiger partial charge in [-0.3, -0.25) is 9.59 Å². The Morgan fingerprint density at radius 3 is 2.71 bits per heavy atom. The van der Waals surface area contributed by atoms with Crippen LogP contribution in [0.4, 0.5) is 5.69 Å². The van der Waals surface area contributed by atoms with Crippen molar-refractivity contribution in [2.24, 2.45) is 17.6 Å². The molecule has 31 heavy (non-hydrogen) atoms. The minimum atomic E-state index is -0.263. The van der Waals surface area contributed by atoms with Gasteiger partial charge in [-0.05, 0) is 57.1 Å². The smallest absolute Gasteiger partial charge is 0.224 e. The Hall–Kier alpha value is -2.38. The summed E-state index contributed by atoms with van der Waals surface area (Å²) >= 11 is 6.51. The molecule has 1 aliphatic carbocycles. The summed E-state index contributed by atoms with van der Waals surface area (Å²) in [5.41, 5.74) is 7.81. The second-order valence-corrected chi connectivity index (χ2v) is 9.02. The van der Waals surface area contributed by atoms with Gasteiger partial charge >= 0.3 is 0 Å². The molecule has 166 valence electrons. The Morgan fingerprint density at radius 2 is 1.94 bits per heavy atom. The summed E-state index contributed by atoms with van der Waals surface area (Å²) in [5.74, 6) is 1.24. The predicted octanol–water partition coefficient (Wildman–Crippen LogP) is 4.17. The largest absolute Gasteiger partial charge is 0.346 e. The molecule has 7 nitrogen and oxygen atoms in total. The number of amides is 2. The van der Waals surface area contributed by atoms with Gasteiger partial charge in [-0.15, -0.1) is 0 Å². The van der Waals surface area contributed by atoms with Crippen molar-refractivity contribution in [2.75, 3.05) is 11.9 Å². The normalized spacial score (nSPS) is 24.3. The number of rotatable bonds is 3. The molecule has 2 bridgehead atoms. The number of hydrogen-bond acceptors (Lipinski definition) is 4. The third-order valence-corrected chi connectivity index (χ3v) is 6.75. The van der Waals surface area contributed by atoms with E-state index in [1.165, 1.54) is 0 Å². The van der Waals surface area contributed by atoms with E-state index < -0.39 is 0 Å². The molecule has 0 radical (unpaired) electrons. The molecule has 0 saturated heterocycles. The van der Waals surface area contributed by atoms with Crippen LogP contribution >= 0.6 is 11.6 Å². The lowest BCUT2D eigenvalue weighted by Gasteiger charge is -2.28. The number of halogens is 1. The average Bonchev–Trinajstić information content (AvgIpc) is 3.17. The van der Waals surface area contributed by atoms with Gasteiger partial charge in [0.25, 0.3) is 0 Å². The number of aromatic nitrogens is 2. The van der Waals surface area contributed by atoms with Crippen molar-refractivity contribution < 1.29 is 9.59 Å². The van der Waals surface area contributed by atoms with Gasteiger partial charge in [-0.1, -0.05) is 36.2 Å². The number of imidazole rings is 1. The Bertz CT molecular complexity index is 936. The molecule has 1 aliphatic heterocycles. The molecule has 0 unspecified atom stereocenters. The molecule has 1 fully saturated rings. The molecule has 1 atom stereocenters. The number of para-hydroxylation sites is 1. The minimum absolute atomic E-state index is 0.0144. The Labute approximate surface area is 187 Å². The molecule has 1 aromatic heterocycles. The van der Waals surface area contributed by atoms with Gasteiger partial charge < -0.3 is 21.4 Å². The van der Waals surface area contributed by atoms with E-state index in [4.69, 9.17) is 22.3 Å². The number of hydrogen-bond donors (Lipinski definition) is 4. The molecule has 4 rings (SSSR count). The zero-order chi connectivity index (χ0) is 21.8. The summed E-state index contributed by atoms with van der Waals surface area (Å²) in [4.78, 5) is 33.3. The first-order valence-electron chi connectivity index (χ1n) is 11.2. The Kier molecular flexibility index (Phi) is 6.92. The third-order valence-electron chi connectivity index (χ3n) is 6.48. The second kappa shape index (κ2) is 9.83. The summed E-state index contributed by atoms with van der Waals surface area (Å²) in [6, 6.07) is 7.23. The maximum absolute atomic E-state index is 13.0. The summed E-state index contributed by atoms with van der Waals surface area (Å²) < 4.78 is 0. The van der Waals surface area contributed by atoms with E-state index in [1.807, 2.05) is 24.3 Å². The van der Waals surface area contributed by atoms with E-state index in [9.17, 15) is 9.59 Å². The van der Waals surface area contributed by atoms with Gasteiger partial charge in [0, 0.05) is 17.9 Å². The highest BCUT2D eigenvalue weighted by Gasteiger charge is 2.29. The van der Waals surface area contributed by atoms with Crippen LogP contribution in [-0.2, 0) is 9.59 Å². The Morgan fingerprint density at radius 1 is 1.16 bits per heavy atom. The van der Waals surface area contributed by atoms with Crippen LogP contribution in [0.3, 0.4) is 0 Å². The molecule has 5 N–H and O–H groups in total. The molecule has 2 aliphatic rings. The predicted molar refractivity (Wildman–Crippen MR) is 122 cm³/mol. The second-order valence-electron chi connectivity index (χ2n) is 8.64. The standard InChI is InChI=1S/C23H30ClN5O2/c24-21-20-16-5-1-2-6-17(16)26-19(30)8-4-3-7-18(22(28-20)29-21)27-23(31)15-11-9-14(13-25)10-12-15/h1-2,5-6,14-15,18H,3-4,7-13,25H2,(H,26,30)(H,27,31)(H,28,29)/t14?,15?,18-/m0/s1. The lowest BCUT2D eigenvalue weighted by atomic mass is 9.81. The van der Waals surface area contributed by atoms with Crippen molar-refractivity contribution in [1.82, 2.24) is 15.3 Å². The van der Waals surface area contributed by atoms with Crippen molar-refractivity contribution in [2.45, 2.75) is 57.4 Å². The maximum Gasteiger partial charge on any atom is 0.224 e. The molecule has 2 amide bonds. The van der Waals surface area contributed by atoms with Crippen LogP contribution in [0.25, 0.3) is 11.3 Å². The van der Waals surface area contributed by atoms with Crippen LogP contribution < -0.4 is 16.4 Å². The average molecular weight is 444 g/mol. The summed E-state index contributed by atoms with van der Waals surface area (Å²) in [7, 11) is 0. The minimum Gasteiger partial charge on any atom is -0.346 e. The highest BCUT2D eigenvalue weighted by Crippen LogP contribution is 2.35. The fourth-order valence-corrected chi connectivity index (χ4v) is 4.83. The molecular formula is C23H30ClN5O2. The van der Waals surface area contributed by atoms with Gasteiger partial charge in [0.2, 0.25) is 11.8 Å². The van der Waals surface area contributed by atoms with Crippen LogP contribution in [0.15, 0.2) is 24.3 Å². The number of carbonyl (C=O) groups excluding carboxylic acids is 2. The zero-order valence-electron chi connectivity index (χ0n) is 17.6. The highest BCUT2D eigenvalue weighted by molar-refractivity contribution is 6.32. The van der Waals surface area contributed by atoms with E-state index in [-0.39, 0.29) is 23.8 Å². The molecule has 1 aromatic carbocycles. The van der Waals surface area contributed by atoms with Crippen molar-refractivity contribution in [3.8, 4) is 11.3 Å². The molecule has 2 aromatic rings. The molecule has 0 spiro atoms. The first-order valence-corrected chi connectivity index (χ1v) is 11.6. The van der Waals surface area contributed by atoms with Gasteiger partial charge in [0.1, 0.15) is 16.7 Å². The summed E-state index contributed by atoms with van der Waals surface area (Å²) in [6.45, 7) is 0.694. The number of H-pyrrole nitrogens is 1. The van der Waals surface area contributed by atoms with Crippen molar-refractivity contribution in [1.29, 1.82) is 0 Å². The van der Waals surface area contributed by atoms with Gasteiger partial charge in [-0.2, -0.15) is 0 Å². The van der Waals surface area contributed by atoms with E-state index >= 15 is 0 Å². The zero-order valence-corrected chi connectivity index (χ0v) is 18.4. The number of nitrogens with zero attached hydrogens (tertiary/aromatic N) is 1. The molecule has 8 heteroatoms. The van der Waals surface area contributed by atoms with E-state index in [0.717, 1.165) is 44.1 Å². The van der Waals surface area contributed by atoms with Crippen molar-refractivity contribution >= 4 is 29.1 Å². The van der Waals surface area contributed by atoms with Crippen LogP contribution in [0.2, 0.25) is 5.15 Å². The third kappa shape index (κ3) is 5.10. The number of anilines is 1. The number of aromatic amines is 1. The first-order chi connectivity index (χ1) is 15.0. The van der Waals surface area contributed by atoms with Crippen molar-refractivity contribution in [3.05, 3.63) is 35.2 Å². The van der Waals surface area contributed by atoms with Gasteiger partial charge in [0.05, 0.1) is 11.7 Å². The van der Waals surface area contributed by atoms with Gasteiger partial charge in [-0.25, -0.2) is 4.98 Å². The SMILES string of the molecule is NCC1CCC(C(=O)N[C@H]2CCCCC(=O)Nc3ccccc3-c3nc2[nH]c3Cl)CC1. The monoisotopic (exact) mass is 443 g/mol. The number of fused-ring (bicyclic) bond motifs is 4. The number of nitrogens with two attached hydrogens (primary N) is 1. The molecule has 2 heterocycles. The summed E-state index contributed by atoms with van der Waals surface area (Å²) in [6.07, 6.45) is 6.42. The number of carbonyl (C=O) groups is 2. The lowest BCUT2D eigenvalue weighted by molar-refractivity contribution is -0.127. The van der Waals surface area contributed by atoms with Crippen LogP contribution in [0.5, 0.6) is 0 Å². The van der Waals surface area contributed by atoms with E-state index in [2.05, 4.69) is 15.6 Å². The van der Waals surface area contributed by atoms with E-state index in [1.54, 1.807) is 0 Å². The fourth-order valence-electron chi connectivity index (χ4n) is 4.59. The highest BCUT2D eigenvalue weighted by atomic mass is 35.5. The molecular weight excluding hydrogens is 414 g/mol. The molecule has 1 saturated carbocycles. The van der Waals surface area contributed by atoms with Gasteiger partial charge in [0.15, 0.2) is 0 Å². The summed E-state index contributed by atoms with van der Waals surface area (Å²) in [5, 5.41) is 6.58. The topological polar surface area (TPSA) is 113 Å². The number of nitrogens with one attached hydrogen (secondary N) is 3. The lowest BCUT2D eigenvalue weighted by Crippen LogP contribution is -2.37. The Balaban J connectivity index is 1.58. The van der Waals surface area contributed by atoms with Crippen LogP contribution in [0.1, 0.15) is 63.2 Å². The maximum atomic E-state index is 13.0. The van der Waals surface area contributed by atoms with E-state index in [0.29, 0.717) is 47.7 Å². The number of benzene rings is 1. The van der Waals surface area contributed by atoms with Crippen molar-refractivity contribution in [3.63, 3.8) is 0 Å². The van der Waals surface area contributed by atoms with Crippen LogP contribution in [-0.4, -0.2) is 28.3 Å². The first kappa shape index (κ1) is 21.8. The fraction of sp³-hybridized carbons (Fsp3) is 0.522. The quantitative estimate of drug-likeness (QED) is 0.570.